The summed E-state index contributed by atoms with van der Waals surface area (Å²) in [6.45, 7) is 4.86. The molecule has 1 aromatic carbocycles. The molecule has 1 aromatic heterocycles. The Balaban J connectivity index is 1.61. The van der Waals surface area contributed by atoms with Gasteiger partial charge in [0.2, 0.25) is 5.91 Å². The minimum Gasteiger partial charge on any atom is -0.395 e. The number of thiazole rings is 1. The van der Waals surface area contributed by atoms with Crippen molar-refractivity contribution >= 4 is 27.5 Å². The molecule has 0 spiro atoms. The Bertz CT molecular complexity index is 773. The molecule has 1 amide bonds. The highest BCUT2D eigenvalue weighted by Crippen LogP contribution is 2.31. The molecule has 8 nitrogen and oxygen atoms in total. The molecule has 9 heteroatoms. The Morgan fingerprint density at radius 3 is 2.89 bits per heavy atom. The highest BCUT2D eigenvalue weighted by atomic mass is 32.1. The van der Waals surface area contributed by atoms with Crippen molar-refractivity contribution in [1.82, 2.24) is 25.8 Å². The summed E-state index contributed by atoms with van der Waals surface area (Å²) in [5, 5.41) is 20.5. The number of rotatable bonds is 6. The van der Waals surface area contributed by atoms with Gasteiger partial charge in [0.25, 0.3) is 0 Å². The fourth-order valence-electron chi connectivity index (χ4n) is 3.69. The molecule has 3 heterocycles. The second kappa shape index (κ2) is 8.81. The van der Waals surface area contributed by atoms with Gasteiger partial charge in [0, 0.05) is 19.1 Å². The van der Waals surface area contributed by atoms with Crippen molar-refractivity contribution < 1.29 is 14.6 Å². The molecule has 4 rings (SSSR count). The number of carbonyl (C=O) groups excluding carboxylic acids is 1. The van der Waals surface area contributed by atoms with Crippen molar-refractivity contribution in [3.05, 3.63) is 29.3 Å². The molecule has 4 unspecified atom stereocenters. The molecular weight excluding hydrogens is 378 g/mol. The average molecular weight is 406 g/mol. The first-order valence-electron chi connectivity index (χ1n) is 9.80. The number of nitrogens with one attached hydrogen (secondary N) is 3. The Kier molecular flexibility index (Phi) is 6.19. The summed E-state index contributed by atoms with van der Waals surface area (Å²) in [7, 11) is 0. The summed E-state index contributed by atoms with van der Waals surface area (Å²) >= 11 is 1.54. The van der Waals surface area contributed by atoms with Crippen LogP contribution in [0, 0.1) is 0 Å². The van der Waals surface area contributed by atoms with Gasteiger partial charge in [0.1, 0.15) is 17.2 Å². The fraction of sp³-hybridized carbons (Fsp3) is 0.579. The van der Waals surface area contributed by atoms with Gasteiger partial charge in [-0.25, -0.2) is 4.98 Å². The van der Waals surface area contributed by atoms with Gasteiger partial charge >= 0.3 is 0 Å². The summed E-state index contributed by atoms with van der Waals surface area (Å²) in [4.78, 5) is 20.0. The summed E-state index contributed by atoms with van der Waals surface area (Å²) in [6.07, 6.45) is 0.181. The zero-order valence-corrected chi connectivity index (χ0v) is 16.7. The highest BCUT2D eigenvalue weighted by molar-refractivity contribution is 7.18. The number of ether oxygens (including phenoxy) is 1. The highest BCUT2D eigenvalue weighted by Gasteiger charge is 2.41. The van der Waals surface area contributed by atoms with Gasteiger partial charge in [-0.05, 0) is 18.6 Å². The Morgan fingerprint density at radius 2 is 2.18 bits per heavy atom. The molecule has 0 radical (unpaired) electrons. The number of nitrogens with zero attached hydrogens (tertiary/aromatic N) is 2. The SMILES string of the molecule is CCC(CO)NC1NC(N2CCOCC2)NC(=O)C1c1nc2ccccc2s1. The first kappa shape index (κ1) is 19.7. The largest absolute Gasteiger partial charge is 0.395 e. The molecule has 2 saturated heterocycles. The lowest BCUT2D eigenvalue weighted by atomic mass is 10.0. The van der Waals surface area contributed by atoms with Gasteiger partial charge in [-0.15, -0.1) is 11.3 Å². The van der Waals surface area contributed by atoms with E-state index in [-0.39, 0.29) is 31.0 Å². The number of benzene rings is 1. The summed E-state index contributed by atoms with van der Waals surface area (Å²) < 4.78 is 6.49. The summed E-state index contributed by atoms with van der Waals surface area (Å²) in [6, 6.07) is 7.82. The quantitative estimate of drug-likeness (QED) is 0.552. The van der Waals surface area contributed by atoms with E-state index in [0.29, 0.717) is 13.2 Å². The van der Waals surface area contributed by atoms with Gasteiger partial charge in [-0.2, -0.15) is 0 Å². The summed E-state index contributed by atoms with van der Waals surface area (Å²) in [5.74, 6) is -0.519. The van der Waals surface area contributed by atoms with Gasteiger partial charge in [-0.3, -0.25) is 20.3 Å². The molecule has 0 aliphatic carbocycles. The molecule has 4 atom stereocenters. The second-order valence-electron chi connectivity index (χ2n) is 7.16. The van der Waals surface area contributed by atoms with E-state index in [1.54, 1.807) is 11.3 Å². The van der Waals surface area contributed by atoms with Gasteiger partial charge < -0.3 is 15.2 Å². The van der Waals surface area contributed by atoms with Crippen molar-refractivity contribution in [3.8, 4) is 0 Å². The molecule has 152 valence electrons. The van der Waals surface area contributed by atoms with E-state index < -0.39 is 5.92 Å². The number of aliphatic hydroxyl groups is 1. The molecule has 28 heavy (non-hydrogen) atoms. The van der Waals surface area contributed by atoms with Crippen molar-refractivity contribution in [2.45, 2.75) is 37.8 Å². The minimum absolute atomic E-state index is 0.0189. The van der Waals surface area contributed by atoms with Crippen molar-refractivity contribution in [1.29, 1.82) is 0 Å². The van der Waals surface area contributed by atoms with Crippen LogP contribution in [0.3, 0.4) is 0 Å². The molecule has 0 bridgehead atoms. The van der Waals surface area contributed by atoms with E-state index >= 15 is 0 Å². The van der Waals surface area contributed by atoms with Crippen LogP contribution in [0.1, 0.15) is 24.3 Å². The topological polar surface area (TPSA) is 98.8 Å². The Labute approximate surface area is 168 Å². The third kappa shape index (κ3) is 4.05. The Hall–Kier alpha value is -1.62. The van der Waals surface area contributed by atoms with Gasteiger partial charge in [0.15, 0.2) is 0 Å². The number of hydrogen-bond acceptors (Lipinski definition) is 8. The first-order valence-corrected chi connectivity index (χ1v) is 10.6. The zero-order valence-electron chi connectivity index (χ0n) is 15.9. The molecule has 2 fully saturated rings. The van der Waals surface area contributed by atoms with E-state index in [9.17, 15) is 9.90 Å². The monoisotopic (exact) mass is 405 g/mol. The predicted molar refractivity (Wildman–Crippen MR) is 108 cm³/mol. The van der Waals surface area contributed by atoms with E-state index in [0.717, 1.165) is 34.7 Å². The molecule has 2 aromatic rings. The average Bonchev–Trinajstić information content (AvgIpc) is 3.15. The maximum atomic E-state index is 13.1. The van der Waals surface area contributed by atoms with E-state index in [2.05, 4.69) is 20.9 Å². The number of aliphatic hydroxyl groups excluding tert-OH is 1. The number of para-hydroxylation sites is 1. The van der Waals surface area contributed by atoms with Crippen molar-refractivity contribution in [2.75, 3.05) is 32.9 Å². The third-order valence-electron chi connectivity index (χ3n) is 5.35. The van der Waals surface area contributed by atoms with Crippen LogP contribution in [0.5, 0.6) is 0 Å². The number of aromatic nitrogens is 1. The number of amides is 1. The minimum atomic E-state index is -0.463. The maximum absolute atomic E-state index is 13.1. The number of fused-ring (bicyclic) bond motifs is 1. The lowest BCUT2D eigenvalue weighted by Gasteiger charge is -2.43. The Morgan fingerprint density at radius 1 is 1.39 bits per heavy atom. The van der Waals surface area contributed by atoms with Crippen molar-refractivity contribution in [3.63, 3.8) is 0 Å². The number of hydrogen-bond donors (Lipinski definition) is 4. The van der Waals surface area contributed by atoms with Crippen molar-refractivity contribution in [2.24, 2.45) is 0 Å². The maximum Gasteiger partial charge on any atom is 0.235 e. The third-order valence-corrected chi connectivity index (χ3v) is 6.47. The molecule has 2 aliphatic heterocycles. The van der Waals surface area contributed by atoms with Crippen LogP contribution < -0.4 is 16.0 Å². The second-order valence-corrected chi connectivity index (χ2v) is 8.22. The molecular formula is C19H27N5O3S. The lowest BCUT2D eigenvalue weighted by molar-refractivity contribution is -0.131. The van der Waals surface area contributed by atoms with Crippen LogP contribution in [-0.4, -0.2) is 72.3 Å². The molecule has 0 saturated carbocycles. The van der Waals surface area contributed by atoms with E-state index in [4.69, 9.17) is 9.72 Å². The van der Waals surface area contributed by atoms with E-state index in [1.165, 1.54) is 0 Å². The predicted octanol–water partition coefficient (Wildman–Crippen LogP) is 0.402. The van der Waals surface area contributed by atoms with Crippen LogP contribution >= 0.6 is 11.3 Å². The van der Waals surface area contributed by atoms with Crippen LogP contribution in [0.15, 0.2) is 24.3 Å². The standard InChI is InChI=1S/C19H27N5O3S/c1-2-12(11-25)20-16-15(18-21-13-5-3-4-6-14(13)28-18)17(26)23-19(22-16)24-7-9-27-10-8-24/h3-6,12,15-16,19-20,22,25H,2,7-11H2,1H3,(H,23,26). The van der Waals surface area contributed by atoms with Crippen LogP contribution in [-0.2, 0) is 9.53 Å². The van der Waals surface area contributed by atoms with Crippen LogP contribution in [0.4, 0.5) is 0 Å². The first-order chi connectivity index (χ1) is 13.7. The van der Waals surface area contributed by atoms with E-state index in [1.807, 2.05) is 31.2 Å². The van der Waals surface area contributed by atoms with Gasteiger partial charge in [0.05, 0.1) is 36.2 Å². The van der Waals surface area contributed by atoms with Crippen LogP contribution in [0.25, 0.3) is 10.2 Å². The lowest BCUT2D eigenvalue weighted by Crippen LogP contribution is -2.71. The number of carbonyl (C=O) groups is 1. The summed E-state index contributed by atoms with van der Waals surface area (Å²) in [5.41, 5.74) is 0.901. The van der Waals surface area contributed by atoms with Gasteiger partial charge in [-0.1, -0.05) is 19.1 Å². The molecule has 2 aliphatic rings. The smallest absolute Gasteiger partial charge is 0.235 e. The normalized spacial score (nSPS) is 27.6. The van der Waals surface area contributed by atoms with Crippen LogP contribution in [0.2, 0.25) is 0 Å². The number of morpholine rings is 1. The molecule has 4 N–H and O–H groups in total. The zero-order chi connectivity index (χ0) is 19.5. The fourth-order valence-corrected chi connectivity index (χ4v) is 4.80.